The molecule has 0 aromatic heterocycles. The minimum atomic E-state index is -0.323. The first-order valence-corrected chi connectivity index (χ1v) is 8.14. The van der Waals surface area contributed by atoms with Gasteiger partial charge in [-0.25, -0.2) is 0 Å². The van der Waals surface area contributed by atoms with Gasteiger partial charge in [-0.1, -0.05) is 30.4 Å². The quantitative estimate of drug-likeness (QED) is 0.558. The van der Waals surface area contributed by atoms with Crippen LogP contribution in [0.1, 0.15) is 24.5 Å². The fourth-order valence-electron chi connectivity index (χ4n) is 2.16. The van der Waals surface area contributed by atoms with Gasteiger partial charge in [0.15, 0.2) is 23.1 Å². The molecule has 2 N–H and O–H groups in total. The van der Waals surface area contributed by atoms with Crippen LogP contribution >= 0.6 is 0 Å². The molecule has 2 aromatic rings. The van der Waals surface area contributed by atoms with Crippen LogP contribution in [0.5, 0.6) is 17.2 Å². The molecule has 0 amide bonds. The predicted octanol–water partition coefficient (Wildman–Crippen LogP) is 3.75. The summed E-state index contributed by atoms with van der Waals surface area (Å²) in [4.78, 5) is 23.8. The highest BCUT2D eigenvalue weighted by atomic mass is 16.5. The van der Waals surface area contributed by atoms with E-state index in [9.17, 15) is 19.8 Å². The highest BCUT2D eigenvalue weighted by Gasteiger charge is 2.05. The number of hydrogen-bond acceptors (Lipinski definition) is 5. The predicted molar refractivity (Wildman–Crippen MR) is 100 cm³/mol. The SMILES string of the molecule is CCOc1cc(C=CC(=O)CC(=O)C=Cc2ccc(O)cc2)ccc1O. The molecule has 0 fully saturated rings. The Kier molecular flexibility index (Phi) is 6.74. The summed E-state index contributed by atoms with van der Waals surface area (Å²) in [7, 11) is 0. The van der Waals surface area contributed by atoms with Gasteiger partial charge < -0.3 is 14.9 Å². The van der Waals surface area contributed by atoms with Gasteiger partial charge in [-0.15, -0.1) is 0 Å². The number of ether oxygens (including phenoxy) is 1. The number of carbonyl (C=O) groups is 2. The number of rotatable bonds is 8. The molecular formula is C21H20O5. The molecule has 0 saturated carbocycles. The molecule has 2 aromatic carbocycles. The van der Waals surface area contributed by atoms with Crippen molar-refractivity contribution in [3.63, 3.8) is 0 Å². The molecule has 0 atom stereocenters. The molecule has 0 aliphatic heterocycles. The van der Waals surface area contributed by atoms with Gasteiger partial charge in [0.1, 0.15) is 5.75 Å². The number of ketones is 2. The summed E-state index contributed by atoms with van der Waals surface area (Å²) < 4.78 is 5.28. The number of aromatic hydroxyl groups is 2. The van der Waals surface area contributed by atoms with E-state index in [0.717, 1.165) is 5.56 Å². The van der Waals surface area contributed by atoms with Crippen LogP contribution < -0.4 is 4.74 Å². The first-order valence-electron chi connectivity index (χ1n) is 8.14. The molecule has 5 heteroatoms. The summed E-state index contributed by atoms with van der Waals surface area (Å²) >= 11 is 0. The monoisotopic (exact) mass is 352 g/mol. The third kappa shape index (κ3) is 5.94. The molecular weight excluding hydrogens is 332 g/mol. The summed E-state index contributed by atoms with van der Waals surface area (Å²) in [5, 5.41) is 18.9. The Hall–Kier alpha value is -3.34. The molecule has 0 heterocycles. The Morgan fingerprint density at radius 3 is 2.12 bits per heavy atom. The third-order valence-electron chi connectivity index (χ3n) is 3.45. The lowest BCUT2D eigenvalue weighted by Crippen LogP contribution is -2.01. The van der Waals surface area contributed by atoms with E-state index in [1.54, 1.807) is 36.4 Å². The van der Waals surface area contributed by atoms with Crippen molar-refractivity contribution in [2.45, 2.75) is 13.3 Å². The first-order chi connectivity index (χ1) is 12.5. The Labute approximate surface area is 151 Å². The van der Waals surface area contributed by atoms with E-state index in [-0.39, 0.29) is 29.5 Å². The van der Waals surface area contributed by atoms with Gasteiger partial charge in [-0.05, 0) is 54.5 Å². The molecule has 2 rings (SSSR count). The average molecular weight is 352 g/mol. The standard InChI is InChI=1S/C21H20O5/c1-2-26-21-13-16(7-12-20(21)25)6-11-19(24)14-18(23)10-5-15-3-8-17(22)9-4-15/h3-13,22,25H,2,14H2,1H3. The highest BCUT2D eigenvalue weighted by molar-refractivity contribution is 6.10. The molecule has 0 saturated heterocycles. The number of hydrogen-bond donors (Lipinski definition) is 2. The van der Waals surface area contributed by atoms with Crippen LogP contribution in [-0.2, 0) is 9.59 Å². The second kappa shape index (κ2) is 9.22. The molecule has 0 aliphatic rings. The van der Waals surface area contributed by atoms with E-state index < -0.39 is 0 Å². The molecule has 0 bridgehead atoms. The van der Waals surface area contributed by atoms with Gasteiger partial charge in [0.2, 0.25) is 0 Å². The summed E-state index contributed by atoms with van der Waals surface area (Å²) in [6.45, 7) is 2.23. The maximum absolute atomic E-state index is 11.9. The number of benzene rings is 2. The van der Waals surface area contributed by atoms with Crippen molar-refractivity contribution in [1.29, 1.82) is 0 Å². The second-order valence-electron chi connectivity index (χ2n) is 5.53. The maximum Gasteiger partial charge on any atom is 0.163 e. The highest BCUT2D eigenvalue weighted by Crippen LogP contribution is 2.27. The van der Waals surface area contributed by atoms with Crippen molar-refractivity contribution >= 4 is 23.7 Å². The van der Waals surface area contributed by atoms with Crippen molar-refractivity contribution in [1.82, 2.24) is 0 Å². The van der Waals surface area contributed by atoms with E-state index >= 15 is 0 Å². The van der Waals surface area contributed by atoms with Gasteiger partial charge in [-0.3, -0.25) is 9.59 Å². The first kappa shape index (κ1) is 19.0. The van der Waals surface area contributed by atoms with Crippen molar-refractivity contribution < 1.29 is 24.5 Å². The number of carbonyl (C=O) groups excluding carboxylic acids is 2. The molecule has 0 radical (unpaired) electrons. The lowest BCUT2D eigenvalue weighted by molar-refractivity contribution is -0.121. The van der Waals surface area contributed by atoms with E-state index in [0.29, 0.717) is 17.9 Å². The number of phenols is 2. The molecule has 0 aliphatic carbocycles. The van der Waals surface area contributed by atoms with Crippen LogP contribution in [0.4, 0.5) is 0 Å². The molecule has 0 unspecified atom stereocenters. The normalized spacial score (nSPS) is 11.1. The zero-order chi connectivity index (χ0) is 18.9. The third-order valence-corrected chi connectivity index (χ3v) is 3.45. The maximum atomic E-state index is 11.9. The van der Waals surface area contributed by atoms with E-state index in [2.05, 4.69) is 0 Å². The van der Waals surface area contributed by atoms with Crippen LogP contribution in [0.25, 0.3) is 12.2 Å². The van der Waals surface area contributed by atoms with Crippen molar-refractivity contribution in [3.8, 4) is 17.2 Å². The molecule has 0 spiro atoms. The number of allylic oxidation sites excluding steroid dienone is 2. The minimum Gasteiger partial charge on any atom is -0.508 e. The average Bonchev–Trinajstić information content (AvgIpc) is 2.62. The summed E-state index contributed by atoms with van der Waals surface area (Å²) in [6, 6.07) is 11.1. The van der Waals surface area contributed by atoms with Crippen LogP contribution in [0, 0.1) is 0 Å². The van der Waals surface area contributed by atoms with E-state index in [1.807, 2.05) is 6.92 Å². The molecule has 5 nitrogen and oxygen atoms in total. The topological polar surface area (TPSA) is 83.8 Å². The van der Waals surface area contributed by atoms with Crippen molar-refractivity contribution in [2.75, 3.05) is 6.61 Å². The van der Waals surface area contributed by atoms with Crippen molar-refractivity contribution in [2.24, 2.45) is 0 Å². The van der Waals surface area contributed by atoms with Gasteiger partial charge >= 0.3 is 0 Å². The fourth-order valence-corrected chi connectivity index (χ4v) is 2.16. The van der Waals surface area contributed by atoms with E-state index in [1.165, 1.54) is 30.4 Å². The summed E-state index contributed by atoms with van der Waals surface area (Å²) in [5.74, 6) is -0.111. The van der Waals surface area contributed by atoms with Gasteiger partial charge in [0.25, 0.3) is 0 Å². The van der Waals surface area contributed by atoms with Crippen LogP contribution in [0.3, 0.4) is 0 Å². The summed E-state index contributed by atoms with van der Waals surface area (Å²) in [5.41, 5.74) is 1.44. The Morgan fingerprint density at radius 2 is 1.50 bits per heavy atom. The van der Waals surface area contributed by atoms with Gasteiger partial charge in [0, 0.05) is 0 Å². The minimum absolute atomic E-state index is 0.0323. The fraction of sp³-hybridized carbons (Fsp3) is 0.143. The number of phenolic OH excluding ortho intramolecular Hbond substituents is 2. The Morgan fingerprint density at radius 1 is 0.923 bits per heavy atom. The zero-order valence-electron chi connectivity index (χ0n) is 14.4. The van der Waals surface area contributed by atoms with Crippen LogP contribution in [0.15, 0.2) is 54.6 Å². The second-order valence-corrected chi connectivity index (χ2v) is 5.53. The van der Waals surface area contributed by atoms with E-state index in [4.69, 9.17) is 4.74 Å². The zero-order valence-corrected chi connectivity index (χ0v) is 14.4. The molecule has 26 heavy (non-hydrogen) atoms. The smallest absolute Gasteiger partial charge is 0.163 e. The van der Waals surface area contributed by atoms with Crippen LogP contribution in [0.2, 0.25) is 0 Å². The lowest BCUT2D eigenvalue weighted by Gasteiger charge is -2.06. The van der Waals surface area contributed by atoms with Gasteiger partial charge in [-0.2, -0.15) is 0 Å². The lowest BCUT2D eigenvalue weighted by atomic mass is 10.1. The van der Waals surface area contributed by atoms with Crippen molar-refractivity contribution in [3.05, 3.63) is 65.7 Å². The largest absolute Gasteiger partial charge is 0.508 e. The van der Waals surface area contributed by atoms with Gasteiger partial charge in [0.05, 0.1) is 13.0 Å². The van der Waals surface area contributed by atoms with Crippen LogP contribution in [-0.4, -0.2) is 28.4 Å². The molecule has 134 valence electrons. The Bertz CT molecular complexity index is 832. The Balaban J connectivity index is 1.93. The summed E-state index contributed by atoms with van der Waals surface area (Å²) in [6.07, 6.45) is 5.59.